The number of nitrogens with zero attached hydrogens (tertiary/aromatic N) is 4. The van der Waals surface area contributed by atoms with Crippen LogP contribution in [-0.2, 0) is 23.7 Å². The number of benzene rings is 2. The first-order chi connectivity index (χ1) is 23.2. The minimum atomic E-state index is -0.988. The maximum absolute atomic E-state index is 12.9. The van der Waals surface area contributed by atoms with E-state index in [1.165, 1.54) is 18.4 Å². The van der Waals surface area contributed by atoms with E-state index < -0.39 is 34.2 Å². The first kappa shape index (κ1) is 28.6. The van der Waals surface area contributed by atoms with Crippen LogP contribution in [0.5, 0.6) is 23.0 Å². The smallest absolute Gasteiger partial charge is 0.166 e. The maximum Gasteiger partial charge on any atom is 0.166 e. The van der Waals surface area contributed by atoms with Crippen LogP contribution < -0.4 is 14.2 Å². The molecule has 9 aliphatic rings. The minimum Gasteiger partial charge on any atom is -0.504 e. The number of phenolic OH excluding ortho intramolecular Hbond substituents is 1. The van der Waals surface area contributed by atoms with Gasteiger partial charge in [-0.25, -0.2) is 0 Å². The number of methoxy groups -OCH3 is 1. The van der Waals surface area contributed by atoms with Crippen molar-refractivity contribution in [2.75, 3.05) is 33.8 Å². The number of phenols is 1. The molecule has 10 heteroatoms. The Bertz CT molecular complexity index is 1860. The molecule has 252 valence electrons. The zero-order valence-corrected chi connectivity index (χ0v) is 27.7. The van der Waals surface area contributed by atoms with Gasteiger partial charge in [0, 0.05) is 29.8 Å². The summed E-state index contributed by atoms with van der Waals surface area (Å²) in [6.07, 6.45) is 7.05. The van der Waals surface area contributed by atoms with E-state index in [0.717, 1.165) is 85.1 Å². The molecule has 5 fully saturated rings. The van der Waals surface area contributed by atoms with Crippen LogP contribution in [0.15, 0.2) is 34.5 Å². The number of rotatable bonds is 4. The van der Waals surface area contributed by atoms with Gasteiger partial charge in [0.1, 0.15) is 0 Å². The Labute approximate surface area is 280 Å². The van der Waals surface area contributed by atoms with Crippen molar-refractivity contribution in [2.45, 2.75) is 111 Å². The Hall–Kier alpha value is -3.18. The molecule has 3 N–H and O–H groups in total. The summed E-state index contributed by atoms with van der Waals surface area (Å²) in [5.41, 5.74) is 2.95. The molecule has 4 bridgehead atoms. The summed E-state index contributed by atoms with van der Waals surface area (Å²) in [7, 11) is 3.79. The summed E-state index contributed by atoms with van der Waals surface area (Å²) in [5, 5.41) is 46.6. The summed E-state index contributed by atoms with van der Waals surface area (Å²) < 4.78 is 19.4. The number of piperidine rings is 2. The van der Waals surface area contributed by atoms with Gasteiger partial charge in [-0.15, -0.1) is 0 Å². The molecule has 3 saturated carbocycles. The predicted molar refractivity (Wildman–Crippen MR) is 178 cm³/mol. The highest BCUT2D eigenvalue weighted by Gasteiger charge is 2.74. The van der Waals surface area contributed by atoms with Crippen LogP contribution in [0, 0.1) is 5.92 Å². The second-order valence-electron chi connectivity index (χ2n) is 16.4. The van der Waals surface area contributed by atoms with Crippen LogP contribution in [0.2, 0.25) is 0 Å². The Morgan fingerprint density at radius 3 is 2.10 bits per heavy atom. The first-order valence-electron chi connectivity index (χ1n) is 18.1. The molecule has 4 heterocycles. The Kier molecular flexibility index (Phi) is 5.45. The summed E-state index contributed by atoms with van der Waals surface area (Å²) in [6.45, 7) is 2.83. The molecule has 2 spiro atoms. The van der Waals surface area contributed by atoms with E-state index >= 15 is 0 Å². The second kappa shape index (κ2) is 9.13. The standard InChI is InChI=1S/C38H44N4O6/c1-41-15-13-35-29-21-5-7-25(43)31(29)47-33(35)23(9-11-37(35,44)27(41)17-21)39-40-24-10-12-38(45)28-18-22-6-8-26(46-2)32-30(22)36(38,34(24)48-32)14-16-42(28)19-20-3-4-20/h5-8,20,27-28,33-34,43-45H,3-4,9-19H2,1-2H3/t27-,28-,33+,34+,35+,36+,37-,38-/m1/s1. The largest absolute Gasteiger partial charge is 0.504 e. The lowest BCUT2D eigenvalue weighted by molar-refractivity contribution is -0.166. The van der Waals surface area contributed by atoms with E-state index in [9.17, 15) is 15.3 Å². The van der Waals surface area contributed by atoms with E-state index in [4.69, 9.17) is 24.4 Å². The minimum absolute atomic E-state index is 0.0251. The van der Waals surface area contributed by atoms with Gasteiger partial charge in [0.2, 0.25) is 0 Å². The van der Waals surface area contributed by atoms with Gasteiger partial charge in [0.15, 0.2) is 35.2 Å². The number of hydrogen-bond acceptors (Lipinski definition) is 10. The lowest BCUT2D eigenvalue weighted by atomic mass is 9.49. The molecule has 0 amide bonds. The monoisotopic (exact) mass is 652 g/mol. The summed E-state index contributed by atoms with van der Waals surface area (Å²) >= 11 is 0. The van der Waals surface area contributed by atoms with Crippen molar-refractivity contribution in [3.8, 4) is 23.0 Å². The fourth-order valence-corrected chi connectivity index (χ4v) is 12.3. The highest BCUT2D eigenvalue weighted by atomic mass is 16.5. The second-order valence-corrected chi connectivity index (χ2v) is 16.4. The molecule has 2 aromatic carbocycles. The molecule has 4 aliphatic heterocycles. The topological polar surface area (TPSA) is 120 Å². The Morgan fingerprint density at radius 2 is 1.42 bits per heavy atom. The summed E-state index contributed by atoms with van der Waals surface area (Å²) in [5.74, 6) is 2.84. The Morgan fingerprint density at radius 1 is 0.812 bits per heavy atom. The highest BCUT2D eigenvalue weighted by Crippen LogP contribution is 2.67. The number of likely N-dealkylation sites (N-methyl/N-ethyl adjacent to an activating group) is 1. The maximum atomic E-state index is 12.9. The van der Waals surface area contributed by atoms with Gasteiger partial charge >= 0.3 is 0 Å². The molecule has 10 nitrogen and oxygen atoms in total. The van der Waals surface area contributed by atoms with E-state index in [-0.39, 0.29) is 17.8 Å². The van der Waals surface area contributed by atoms with Crippen LogP contribution in [-0.4, -0.2) is 106 Å². The average molecular weight is 653 g/mol. The zero-order valence-electron chi connectivity index (χ0n) is 27.7. The molecule has 0 aromatic heterocycles. The van der Waals surface area contributed by atoms with Crippen molar-refractivity contribution in [1.82, 2.24) is 9.80 Å². The van der Waals surface area contributed by atoms with Gasteiger partial charge in [-0.1, -0.05) is 12.1 Å². The molecule has 48 heavy (non-hydrogen) atoms. The van der Waals surface area contributed by atoms with E-state index in [0.29, 0.717) is 37.2 Å². The number of hydrogen-bond donors (Lipinski definition) is 3. The SMILES string of the molecule is COc1ccc2c3c1O[C@H]1C(=NN=C4CC[C@@]5(O)[C@H]6Cc7ccc(O)c8c7[C@@]5(CCN6C)[C@H]4O8)CC[C@@]4(O)[C@@H](C2)N(CC2CC2)CC[C@]314. The van der Waals surface area contributed by atoms with Gasteiger partial charge in [-0.2, -0.15) is 10.2 Å². The number of aromatic hydroxyl groups is 1. The van der Waals surface area contributed by atoms with Crippen LogP contribution in [0.25, 0.3) is 0 Å². The highest BCUT2D eigenvalue weighted by molar-refractivity contribution is 5.97. The molecule has 2 saturated heterocycles. The molecule has 2 aromatic rings. The van der Waals surface area contributed by atoms with Crippen molar-refractivity contribution in [3.63, 3.8) is 0 Å². The lowest BCUT2D eigenvalue weighted by Crippen LogP contribution is -2.76. The summed E-state index contributed by atoms with van der Waals surface area (Å²) in [4.78, 5) is 4.87. The van der Waals surface area contributed by atoms with Gasteiger partial charge in [-0.05, 0) is 114 Å². The zero-order chi connectivity index (χ0) is 32.4. The molecule has 11 rings (SSSR count). The van der Waals surface area contributed by atoms with E-state index in [2.05, 4.69) is 22.9 Å². The first-order valence-corrected chi connectivity index (χ1v) is 18.1. The van der Waals surface area contributed by atoms with Crippen LogP contribution in [0.3, 0.4) is 0 Å². The molecular formula is C38H44N4O6. The molecular weight excluding hydrogens is 608 g/mol. The number of likely N-dealkylation sites (tertiary alicyclic amines) is 2. The molecule has 5 aliphatic carbocycles. The van der Waals surface area contributed by atoms with Crippen molar-refractivity contribution >= 4 is 11.4 Å². The third-order valence-electron chi connectivity index (χ3n) is 14.6. The van der Waals surface area contributed by atoms with Crippen LogP contribution in [0.1, 0.15) is 73.6 Å². The lowest BCUT2D eigenvalue weighted by Gasteiger charge is -2.63. The van der Waals surface area contributed by atoms with Crippen LogP contribution in [0.4, 0.5) is 0 Å². The fraction of sp³-hybridized carbons (Fsp3) is 0.632. The molecule has 8 atom stereocenters. The normalized spacial score (nSPS) is 43.1. The van der Waals surface area contributed by atoms with Crippen molar-refractivity contribution in [2.24, 2.45) is 16.1 Å². The number of aliphatic hydroxyl groups is 2. The van der Waals surface area contributed by atoms with Crippen LogP contribution >= 0.6 is 0 Å². The van der Waals surface area contributed by atoms with E-state index in [1.54, 1.807) is 13.2 Å². The van der Waals surface area contributed by atoms with Gasteiger partial charge in [-0.3, -0.25) is 4.90 Å². The van der Waals surface area contributed by atoms with Crippen molar-refractivity contribution < 1.29 is 29.5 Å². The average Bonchev–Trinajstić information content (AvgIpc) is 3.71. The third kappa shape index (κ3) is 3.12. The third-order valence-corrected chi connectivity index (χ3v) is 14.6. The van der Waals surface area contributed by atoms with Crippen molar-refractivity contribution in [3.05, 3.63) is 46.5 Å². The fourth-order valence-electron chi connectivity index (χ4n) is 12.3. The van der Waals surface area contributed by atoms with Crippen molar-refractivity contribution in [1.29, 1.82) is 0 Å². The van der Waals surface area contributed by atoms with Gasteiger partial charge in [0.25, 0.3) is 0 Å². The molecule has 0 radical (unpaired) electrons. The van der Waals surface area contributed by atoms with E-state index in [1.807, 2.05) is 12.1 Å². The summed E-state index contributed by atoms with van der Waals surface area (Å²) in [6, 6.07) is 7.96. The number of ether oxygens (including phenoxy) is 3. The molecule has 0 unspecified atom stereocenters. The van der Waals surface area contributed by atoms with Gasteiger partial charge in [0.05, 0.1) is 40.6 Å². The Balaban J connectivity index is 1.02. The predicted octanol–water partition coefficient (Wildman–Crippen LogP) is 3.25. The van der Waals surface area contributed by atoms with Gasteiger partial charge < -0.3 is 34.4 Å². The quantitative estimate of drug-likeness (QED) is 0.431.